The first kappa shape index (κ1) is 11.8. The number of hydrogen-bond acceptors (Lipinski definition) is 2. The smallest absolute Gasteiger partial charge is 0.0837 e. The largest absolute Gasteiger partial charge is 0.305 e. The van der Waals surface area contributed by atoms with Crippen LogP contribution in [0.4, 0.5) is 0 Å². The van der Waals surface area contributed by atoms with Crippen molar-refractivity contribution in [1.82, 2.24) is 15.1 Å². The highest BCUT2D eigenvalue weighted by molar-refractivity contribution is 6.31. The molecule has 18 heavy (non-hydrogen) atoms. The van der Waals surface area contributed by atoms with Crippen LogP contribution in [-0.4, -0.2) is 16.3 Å². The van der Waals surface area contributed by atoms with Crippen LogP contribution in [0.25, 0.3) is 0 Å². The SMILES string of the molecule is CCn1ncc(Cl)c1C1NCCc2ccccc21. The third kappa shape index (κ3) is 1.84. The van der Waals surface area contributed by atoms with Crippen LogP contribution < -0.4 is 5.32 Å². The molecule has 3 nitrogen and oxygen atoms in total. The molecule has 3 rings (SSSR count). The number of benzene rings is 1. The maximum absolute atomic E-state index is 6.30. The zero-order valence-electron chi connectivity index (χ0n) is 10.4. The van der Waals surface area contributed by atoms with Gasteiger partial charge in [0.25, 0.3) is 0 Å². The van der Waals surface area contributed by atoms with Gasteiger partial charge in [-0.1, -0.05) is 35.9 Å². The van der Waals surface area contributed by atoms with Gasteiger partial charge in [0.05, 0.1) is 23.0 Å². The molecular weight excluding hydrogens is 246 g/mol. The van der Waals surface area contributed by atoms with Crippen LogP contribution in [0.3, 0.4) is 0 Å². The van der Waals surface area contributed by atoms with Crippen LogP contribution in [0.5, 0.6) is 0 Å². The summed E-state index contributed by atoms with van der Waals surface area (Å²) in [6, 6.07) is 8.71. The molecule has 0 saturated heterocycles. The van der Waals surface area contributed by atoms with E-state index >= 15 is 0 Å². The van der Waals surface area contributed by atoms with E-state index in [-0.39, 0.29) is 6.04 Å². The van der Waals surface area contributed by atoms with E-state index < -0.39 is 0 Å². The van der Waals surface area contributed by atoms with Gasteiger partial charge >= 0.3 is 0 Å². The van der Waals surface area contributed by atoms with E-state index in [0.717, 1.165) is 30.2 Å². The van der Waals surface area contributed by atoms with E-state index in [4.69, 9.17) is 11.6 Å². The van der Waals surface area contributed by atoms with Crippen molar-refractivity contribution in [2.75, 3.05) is 6.54 Å². The number of fused-ring (bicyclic) bond motifs is 1. The zero-order valence-corrected chi connectivity index (χ0v) is 11.1. The molecule has 0 saturated carbocycles. The Morgan fingerprint density at radius 3 is 3.11 bits per heavy atom. The third-order valence-corrected chi connectivity index (χ3v) is 3.81. The molecule has 0 amide bonds. The van der Waals surface area contributed by atoms with Crippen LogP contribution in [-0.2, 0) is 13.0 Å². The molecule has 0 radical (unpaired) electrons. The summed E-state index contributed by atoms with van der Waals surface area (Å²) in [7, 11) is 0. The van der Waals surface area contributed by atoms with Crippen molar-refractivity contribution in [3.63, 3.8) is 0 Å². The van der Waals surface area contributed by atoms with Crippen molar-refractivity contribution in [3.8, 4) is 0 Å². The predicted octanol–water partition coefficient (Wildman–Crippen LogP) is 2.79. The van der Waals surface area contributed by atoms with Gasteiger partial charge in [-0.3, -0.25) is 4.68 Å². The number of rotatable bonds is 2. The molecular formula is C14H16ClN3. The molecule has 0 spiro atoms. The Balaban J connectivity index is 2.11. The highest BCUT2D eigenvalue weighted by Gasteiger charge is 2.25. The van der Waals surface area contributed by atoms with Crippen LogP contribution in [0.2, 0.25) is 5.02 Å². The molecule has 1 aromatic carbocycles. The highest BCUT2D eigenvalue weighted by Crippen LogP contribution is 2.32. The van der Waals surface area contributed by atoms with Crippen molar-refractivity contribution in [2.45, 2.75) is 25.9 Å². The monoisotopic (exact) mass is 261 g/mol. The molecule has 4 heteroatoms. The second-order valence-electron chi connectivity index (χ2n) is 4.53. The van der Waals surface area contributed by atoms with Crippen LogP contribution in [0.15, 0.2) is 30.5 Å². The average Bonchev–Trinajstić information content (AvgIpc) is 2.79. The minimum atomic E-state index is 0.157. The molecule has 0 bridgehead atoms. The van der Waals surface area contributed by atoms with E-state index in [1.54, 1.807) is 6.20 Å². The van der Waals surface area contributed by atoms with Crippen LogP contribution in [0, 0.1) is 0 Å². The lowest BCUT2D eigenvalue weighted by molar-refractivity contribution is 0.511. The van der Waals surface area contributed by atoms with Gasteiger partial charge in [-0.15, -0.1) is 0 Å². The molecule has 0 aliphatic carbocycles. The first-order valence-electron chi connectivity index (χ1n) is 6.33. The van der Waals surface area contributed by atoms with Gasteiger partial charge in [-0.2, -0.15) is 5.10 Å². The lowest BCUT2D eigenvalue weighted by Crippen LogP contribution is -2.32. The summed E-state index contributed by atoms with van der Waals surface area (Å²) in [4.78, 5) is 0. The molecule has 1 aliphatic rings. The van der Waals surface area contributed by atoms with E-state index in [2.05, 4.69) is 41.6 Å². The van der Waals surface area contributed by atoms with Crippen molar-refractivity contribution >= 4 is 11.6 Å². The summed E-state index contributed by atoms with van der Waals surface area (Å²) in [6.07, 6.45) is 2.81. The molecule has 2 heterocycles. The Hall–Kier alpha value is -1.32. The summed E-state index contributed by atoms with van der Waals surface area (Å²) in [5.41, 5.74) is 3.80. The minimum Gasteiger partial charge on any atom is -0.305 e. The normalized spacial score (nSPS) is 18.7. The summed E-state index contributed by atoms with van der Waals surface area (Å²) < 4.78 is 1.97. The predicted molar refractivity (Wildman–Crippen MR) is 72.9 cm³/mol. The third-order valence-electron chi connectivity index (χ3n) is 3.52. The molecule has 1 aromatic heterocycles. The average molecular weight is 262 g/mol. The first-order valence-corrected chi connectivity index (χ1v) is 6.71. The highest BCUT2D eigenvalue weighted by atomic mass is 35.5. The van der Waals surface area contributed by atoms with Crippen molar-refractivity contribution in [2.24, 2.45) is 0 Å². The Bertz CT molecular complexity index is 562. The van der Waals surface area contributed by atoms with Gasteiger partial charge in [0, 0.05) is 13.1 Å². The molecule has 1 atom stereocenters. The summed E-state index contributed by atoms with van der Waals surface area (Å²) in [6.45, 7) is 3.90. The Morgan fingerprint density at radius 2 is 2.28 bits per heavy atom. The zero-order chi connectivity index (χ0) is 12.5. The standard InChI is InChI=1S/C14H16ClN3/c1-2-18-14(12(15)9-17-18)13-11-6-4-3-5-10(11)7-8-16-13/h3-6,9,13,16H,2,7-8H2,1H3. The number of halogens is 1. The molecule has 1 unspecified atom stereocenters. The fourth-order valence-electron chi connectivity index (χ4n) is 2.66. The van der Waals surface area contributed by atoms with Crippen molar-refractivity contribution in [3.05, 3.63) is 52.3 Å². The van der Waals surface area contributed by atoms with E-state index in [0.29, 0.717) is 0 Å². The van der Waals surface area contributed by atoms with Crippen LogP contribution in [0.1, 0.15) is 29.8 Å². The fourth-order valence-corrected chi connectivity index (χ4v) is 2.91. The van der Waals surface area contributed by atoms with E-state index in [1.807, 2.05) is 4.68 Å². The van der Waals surface area contributed by atoms with E-state index in [9.17, 15) is 0 Å². The lowest BCUT2D eigenvalue weighted by atomic mass is 9.92. The maximum Gasteiger partial charge on any atom is 0.0837 e. The molecule has 2 aromatic rings. The van der Waals surface area contributed by atoms with Gasteiger partial charge in [0.1, 0.15) is 0 Å². The molecule has 1 aliphatic heterocycles. The number of nitrogens with one attached hydrogen (secondary N) is 1. The van der Waals surface area contributed by atoms with Crippen molar-refractivity contribution in [1.29, 1.82) is 0 Å². The van der Waals surface area contributed by atoms with Crippen LogP contribution >= 0.6 is 11.6 Å². The lowest BCUT2D eigenvalue weighted by Gasteiger charge is -2.27. The summed E-state index contributed by atoms with van der Waals surface area (Å²) >= 11 is 6.30. The topological polar surface area (TPSA) is 29.9 Å². The van der Waals surface area contributed by atoms with Gasteiger partial charge in [0.15, 0.2) is 0 Å². The van der Waals surface area contributed by atoms with E-state index in [1.165, 1.54) is 11.1 Å². The fraction of sp³-hybridized carbons (Fsp3) is 0.357. The summed E-state index contributed by atoms with van der Waals surface area (Å²) in [5, 5.41) is 8.62. The molecule has 1 N–H and O–H groups in total. The molecule has 0 fully saturated rings. The van der Waals surface area contributed by atoms with Gasteiger partial charge in [-0.05, 0) is 24.5 Å². The number of aromatic nitrogens is 2. The number of aryl methyl sites for hydroxylation is 1. The molecule has 94 valence electrons. The first-order chi connectivity index (χ1) is 8.81. The number of hydrogen-bond donors (Lipinski definition) is 1. The second-order valence-corrected chi connectivity index (χ2v) is 4.94. The minimum absolute atomic E-state index is 0.157. The van der Waals surface area contributed by atoms with Gasteiger partial charge in [-0.25, -0.2) is 0 Å². The van der Waals surface area contributed by atoms with Gasteiger partial charge in [0.2, 0.25) is 0 Å². The van der Waals surface area contributed by atoms with Gasteiger partial charge < -0.3 is 5.32 Å². The number of nitrogens with zero attached hydrogens (tertiary/aromatic N) is 2. The maximum atomic E-state index is 6.30. The Kier molecular flexibility index (Phi) is 3.10. The Morgan fingerprint density at radius 1 is 1.44 bits per heavy atom. The van der Waals surface area contributed by atoms with Crippen molar-refractivity contribution < 1.29 is 0 Å². The Labute approximate surface area is 112 Å². The quantitative estimate of drug-likeness (QED) is 0.901. The second kappa shape index (κ2) is 4.75. The summed E-state index contributed by atoms with van der Waals surface area (Å²) in [5.74, 6) is 0.